The number of aromatic nitrogens is 1. The standard InChI is InChI=1S/C16H19N3O5S2/c1-11-3-4-13(17(11)2)15(20)18-5-7-19(8-6-18)26(23,24)14-9-12(10-25-14)16(21)22/h3-4,9-10H,5-8H2,1-2H3,(H,21,22). The zero-order chi connectivity index (χ0) is 19.1. The molecule has 0 spiro atoms. The van der Waals surface area contributed by atoms with Gasteiger partial charge in [-0.1, -0.05) is 0 Å². The summed E-state index contributed by atoms with van der Waals surface area (Å²) in [6.45, 7) is 2.85. The van der Waals surface area contributed by atoms with Crippen LogP contribution in [-0.4, -0.2) is 65.4 Å². The number of amides is 1. The minimum atomic E-state index is -3.75. The molecule has 0 atom stereocenters. The van der Waals surface area contributed by atoms with E-state index in [0.717, 1.165) is 17.0 Å². The number of sulfonamides is 1. The Morgan fingerprint density at radius 3 is 2.31 bits per heavy atom. The minimum absolute atomic E-state index is 0.00716. The van der Waals surface area contributed by atoms with Crippen LogP contribution >= 0.6 is 11.3 Å². The molecule has 2 aromatic heterocycles. The number of thiophene rings is 1. The summed E-state index contributed by atoms with van der Waals surface area (Å²) in [6, 6.07) is 4.80. The molecular weight excluding hydrogens is 378 g/mol. The average Bonchev–Trinajstić information content (AvgIpc) is 3.23. The second-order valence-electron chi connectivity index (χ2n) is 6.07. The Morgan fingerprint density at radius 1 is 1.15 bits per heavy atom. The first-order valence-electron chi connectivity index (χ1n) is 7.95. The predicted molar refractivity (Wildman–Crippen MR) is 96.1 cm³/mol. The summed E-state index contributed by atoms with van der Waals surface area (Å²) in [5, 5.41) is 10.3. The Balaban J connectivity index is 1.70. The van der Waals surface area contributed by atoms with Crippen molar-refractivity contribution in [2.45, 2.75) is 11.1 Å². The number of nitrogens with zero attached hydrogens (tertiary/aromatic N) is 3. The highest BCUT2D eigenvalue weighted by atomic mass is 32.2. The van der Waals surface area contributed by atoms with Gasteiger partial charge in [-0.25, -0.2) is 13.2 Å². The topological polar surface area (TPSA) is 99.9 Å². The van der Waals surface area contributed by atoms with Crippen LogP contribution in [0, 0.1) is 6.92 Å². The first kappa shape index (κ1) is 18.6. The number of hydrogen-bond donors (Lipinski definition) is 1. The maximum Gasteiger partial charge on any atom is 0.336 e. The molecule has 1 fully saturated rings. The molecule has 1 aliphatic heterocycles. The van der Waals surface area contributed by atoms with Gasteiger partial charge in [0.2, 0.25) is 0 Å². The van der Waals surface area contributed by atoms with Gasteiger partial charge >= 0.3 is 5.97 Å². The number of carboxylic acids is 1. The van der Waals surface area contributed by atoms with Crippen molar-refractivity contribution in [2.75, 3.05) is 26.2 Å². The Labute approximate surface area is 155 Å². The molecule has 0 saturated carbocycles. The lowest BCUT2D eigenvalue weighted by Crippen LogP contribution is -2.50. The van der Waals surface area contributed by atoms with Crippen LogP contribution in [0.1, 0.15) is 26.5 Å². The predicted octanol–water partition coefficient (Wildman–Crippen LogP) is 1.24. The van der Waals surface area contributed by atoms with E-state index in [4.69, 9.17) is 5.11 Å². The number of aromatic carboxylic acids is 1. The normalized spacial score (nSPS) is 16.0. The van der Waals surface area contributed by atoms with Gasteiger partial charge < -0.3 is 14.6 Å². The van der Waals surface area contributed by atoms with E-state index >= 15 is 0 Å². The molecule has 26 heavy (non-hydrogen) atoms. The molecule has 140 valence electrons. The average molecular weight is 397 g/mol. The van der Waals surface area contributed by atoms with E-state index in [1.165, 1.54) is 15.8 Å². The van der Waals surface area contributed by atoms with Crippen LogP contribution in [0.4, 0.5) is 0 Å². The van der Waals surface area contributed by atoms with Gasteiger partial charge in [-0.05, 0) is 25.1 Å². The molecule has 10 heteroatoms. The molecule has 8 nitrogen and oxygen atoms in total. The van der Waals surface area contributed by atoms with Gasteiger partial charge in [-0.15, -0.1) is 11.3 Å². The summed E-state index contributed by atoms with van der Waals surface area (Å²) >= 11 is 0.893. The molecule has 0 aromatic carbocycles. The van der Waals surface area contributed by atoms with Gasteiger partial charge in [0.25, 0.3) is 15.9 Å². The van der Waals surface area contributed by atoms with E-state index < -0.39 is 16.0 Å². The fraction of sp³-hybridized carbons (Fsp3) is 0.375. The molecule has 1 saturated heterocycles. The van der Waals surface area contributed by atoms with Crippen molar-refractivity contribution < 1.29 is 23.1 Å². The van der Waals surface area contributed by atoms with E-state index in [2.05, 4.69) is 0 Å². The number of carboxylic acid groups (broad SMARTS) is 1. The van der Waals surface area contributed by atoms with Crippen LogP contribution in [0.3, 0.4) is 0 Å². The summed E-state index contributed by atoms with van der Waals surface area (Å²) in [4.78, 5) is 25.2. The van der Waals surface area contributed by atoms with Crippen LogP contribution in [-0.2, 0) is 17.1 Å². The fourth-order valence-electron chi connectivity index (χ4n) is 2.81. The molecule has 1 N–H and O–H groups in total. The van der Waals surface area contributed by atoms with Crippen molar-refractivity contribution in [1.29, 1.82) is 0 Å². The summed E-state index contributed by atoms with van der Waals surface area (Å²) in [5.41, 5.74) is 1.51. The lowest BCUT2D eigenvalue weighted by atomic mass is 10.3. The Hall–Kier alpha value is -2.17. The lowest BCUT2D eigenvalue weighted by Gasteiger charge is -2.33. The maximum absolute atomic E-state index is 12.7. The van der Waals surface area contributed by atoms with Gasteiger partial charge in [-0.3, -0.25) is 4.79 Å². The second kappa shape index (κ2) is 6.86. The van der Waals surface area contributed by atoms with Gasteiger partial charge in [0.15, 0.2) is 0 Å². The van der Waals surface area contributed by atoms with E-state index in [9.17, 15) is 18.0 Å². The van der Waals surface area contributed by atoms with Crippen molar-refractivity contribution in [2.24, 2.45) is 7.05 Å². The number of rotatable bonds is 4. The van der Waals surface area contributed by atoms with Gasteiger partial charge in [-0.2, -0.15) is 4.31 Å². The third-order valence-electron chi connectivity index (χ3n) is 4.53. The number of carbonyl (C=O) groups excluding carboxylic acids is 1. The number of hydrogen-bond acceptors (Lipinski definition) is 5. The van der Waals surface area contributed by atoms with Crippen molar-refractivity contribution in [1.82, 2.24) is 13.8 Å². The molecule has 2 aromatic rings. The monoisotopic (exact) mass is 397 g/mol. The van der Waals surface area contributed by atoms with Crippen LogP contribution < -0.4 is 0 Å². The Kier molecular flexibility index (Phi) is 4.91. The molecule has 0 bridgehead atoms. The summed E-state index contributed by atoms with van der Waals surface area (Å²) in [5.74, 6) is -1.28. The third-order valence-corrected chi connectivity index (χ3v) is 7.85. The van der Waals surface area contributed by atoms with E-state index in [1.54, 1.807) is 11.0 Å². The molecule has 0 radical (unpaired) electrons. The SMILES string of the molecule is Cc1ccc(C(=O)N2CCN(S(=O)(=O)c3cc(C(=O)O)cs3)CC2)n1C. The molecule has 3 rings (SSSR count). The van der Waals surface area contributed by atoms with Crippen LogP contribution in [0.5, 0.6) is 0 Å². The number of piperazine rings is 1. The minimum Gasteiger partial charge on any atom is -0.478 e. The molecule has 1 aliphatic rings. The summed E-state index contributed by atoms with van der Waals surface area (Å²) in [6.07, 6.45) is 0. The van der Waals surface area contributed by atoms with Gasteiger partial charge in [0, 0.05) is 44.3 Å². The first-order chi connectivity index (χ1) is 12.2. The zero-order valence-corrected chi connectivity index (χ0v) is 16.0. The highest BCUT2D eigenvalue weighted by molar-refractivity contribution is 7.91. The molecule has 0 aliphatic carbocycles. The molecule has 3 heterocycles. The number of carbonyl (C=O) groups is 2. The Bertz CT molecular complexity index is 952. The highest BCUT2D eigenvalue weighted by Crippen LogP contribution is 2.25. The quantitative estimate of drug-likeness (QED) is 0.837. The van der Waals surface area contributed by atoms with Crippen molar-refractivity contribution in [3.63, 3.8) is 0 Å². The van der Waals surface area contributed by atoms with Crippen molar-refractivity contribution in [3.8, 4) is 0 Å². The molecule has 1 amide bonds. The van der Waals surface area contributed by atoms with E-state index in [-0.39, 0.29) is 28.8 Å². The summed E-state index contributed by atoms with van der Waals surface area (Å²) < 4.78 is 28.4. The van der Waals surface area contributed by atoms with Gasteiger partial charge in [0.1, 0.15) is 9.90 Å². The maximum atomic E-state index is 12.7. The van der Waals surface area contributed by atoms with Crippen molar-refractivity contribution in [3.05, 3.63) is 40.5 Å². The number of aryl methyl sites for hydroxylation is 1. The second-order valence-corrected chi connectivity index (χ2v) is 9.15. The molecule has 0 unspecified atom stereocenters. The van der Waals surface area contributed by atoms with Crippen molar-refractivity contribution >= 4 is 33.2 Å². The third kappa shape index (κ3) is 3.27. The first-order valence-corrected chi connectivity index (χ1v) is 10.3. The molecular formula is C16H19N3O5S2. The van der Waals surface area contributed by atoms with E-state index in [0.29, 0.717) is 18.8 Å². The van der Waals surface area contributed by atoms with Crippen LogP contribution in [0.2, 0.25) is 0 Å². The van der Waals surface area contributed by atoms with Gasteiger partial charge in [0.05, 0.1) is 5.56 Å². The largest absolute Gasteiger partial charge is 0.478 e. The lowest BCUT2D eigenvalue weighted by molar-refractivity contribution is 0.0682. The van der Waals surface area contributed by atoms with Crippen LogP contribution in [0.15, 0.2) is 27.8 Å². The fourth-order valence-corrected chi connectivity index (χ4v) is 5.54. The smallest absolute Gasteiger partial charge is 0.336 e. The van der Waals surface area contributed by atoms with E-state index in [1.807, 2.05) is 24.6 Å². The zero-order valence-electron chi connectivity index (χ0n) is 14.4. The summed E-state index contributed by atoms with van der Waals surface area (Å²) in [7, 11) is -1.93. The Morgan fingerprint density at radius 2 is 1.81 bits per heavy atom. The van der Waals surface area contributed by atoms with Crippen LogP contribution in [0.25, 0.3) is 0 Å². The highest BCUT2D eigenvalue weighted by Gasteiger charge is 2.32.